The quantitative estimate of drug-likeness (QED) is 0.336. The van der Waals surface area contributed by atoms with Crippen molar-refractivity contribution in [2.45, 2.75) is 46.0 Å². The predicted molar refractivity (Wildman–Crippen MR) is 161 cm³/mol. The third-order valence-electron chi connectivity index (χ3n) is 7.71. The zero-order valence-electron chi connectivity index (χ0n) is 21.8. The molecule has 182 valence electrons. The molecule has 0 bridgehead atoms. The van der Waals surface area contributed by atoms with Gasteiger partial charge >= 0.3 is 0 Å². The average molecular weight is 480 g/mol. The second-order valence-electron chi connectivity index (χ2n) is 10.1. The monoisotopic (exact) mass is 479 g/mol. The fourth-order valence-electron chi connectivity index (χ4n) is 5.80. The molecular weight excluding hydrogens is 446 g/mol. The van der Waals surface area contributed by atoms with Gasteiger partial charge in [0.05, 0.1) is 5.69 Å². The molecule has 37 heavy (non-hydrogen) atoms. The Kier molecular flexibility index (Phi) is 6.45. The van der Waals surface area contributed by atoms with E-state index in [2.05, 4.69) is 117 Å². The van der Waals surface area contributed by atoms with E-state index in [0.717, 1.165) is 49.1 Å². The summed E-state index contributed by atoms with van der Waals surface area (Å²) in [5, 5.41) is 2.74. The number of nitrogens with zero attached hydrogens (tertiary/aromatic N) is 1. The van der Waals surface area contributed by atoms with Gasteiger partial charge in [0.15, 0.2) is 0 Å². The Morgan fingerprint density at radius 3 is 2.43 bits per heavy atom. The minimum Gasteiger partial charge on any atom is -0.253 e. The van der Waals surface area contributed by atoms with Crippen molar-refractivity contribution in [1.29, 1.82) is 0 Å². The molecule has 1 nitrogen and oxygen atoms in total. The number of hydrogen-bond donors (Lipinski definition) is 0. The van der Waals surface area contributed by atoms with E-state index in [9.17, 15) is 0 Å². The van der Waals surface area contributed by atoms with E-state index >= 15 is 0 Å². The fourth-order valence-corrected chi connectivity index (χ4v) is 5.80. The molecule has 1 heteroatoms. The van der Waals surface area contributed by atoms with Gasteiger partial charge in [-0.05, 0) is 107 Å². The van der Waals surface area contributed by atoms with Gasteiger partial charge in [-0.25, -0.2) is 0 Å². The molecule has 0 aromatic heterocycles. The molecule has 3 aliphatic rings. The van der Waals surface area contributed by atoms with Crippen LogP contribution in [0.1, 0.15) is 60.4 Å². The van der Waals surface area contributed by atoms with Gasteiger partial charge < -0.3 is 0 Å². The molecular formula is C36H33N. The maximum absolute atomic E-state index is 4.92. The van der Waals surface area contributed by atoms with E-state index in [-0.39, 0.29) is 0 Å². The molecule has 0 saturated carbocycles. The lowest BCUT2D eigenvalue weighted by Gasteiger charge is -2.23. The normalized spacial score (nSPS) is 16.3. The summed E-state index contributed by atoms with van der Waals surface area (Å²) in [5.41, 5.74) is 12.8. The van der Waals surface area contributed by atoms with Crippen molar-refractivity contribution in [2.75, 3.05) is 0 Å². The van der Waals surface area contributed by atoms with Crippen LogP contribution in [0.15, 0.2) is 90.0 Å². The summed E-state index contributed by atoms with van der Waals surface area (Å²) in [6.07, 6.45) is 26.5. The second kappa shape index (κ2) is 10.2. The van der Waals surface area contributed by atoms with Gasteiger partial charge in [0, 0.05) is 5.71 Å². The topological polar surface area (TPSA) is 12.4 Å². The second-order valence-corrected chi connectivity index (χ2v) is 10.1. The van der Waals surface area contributed by atoms with Crippen molar-refractivity contribution in [2.24, 2.45) is 4.99 Å². The first-order valence-electron chi connectivity index (χ1n) is 13.5. The van der Waals surface area contributed by atoms with Crippen molar-refractivity contribution in [3.05, 3.63) is 123 Å². The highest BCUT2D eigenvalue weighted by atomic mass is 14.7. The van der Waals surface area contributed by atoms with Crippen LogP contribution in [-0.4, -0.2) is 5.71 Å². The first-order chi connectivity index (χ1) is 18.2. The summed E-state index contributed by atoms with van der Waals surface area (Å²) >= 11 is 0. The number of fused-ring (bicyclic) bond motifs is 2. The summed E-state index contributed by atoms with van der Waals surface area (Å²) in [4.78, 5) is 4.92. The van der Waals surface area contributed by atoms with Crippen molar-refractivity contribution in [1.82, 2.24) is 0 Å². The standard InChI is InChI=1S/C36H33N/c1-25-13-9-12-20-34(25)37-26(2)27-21-23-29(24-22-27)36-31-17-8-4-7-16-30(31)35(28-14-5-3-6-15-28)32-18-10-11-19-33(32)36/h4-5,8-9,11-17,19-24H,3,6-7,10,18H2,1-2H3/b37-26+. The van der Waals surface area contributed by atoms with Crippen LogP contribution >= 0.6 is 0 Å². The number of para-hydroxylation sites is 1. The Labute approximate surface area is 220 Å². The largest absolute Gasteiger partial charge is 0.253 e. The SMILES string of the molecule is C/C(=N\c1ccccc1C)c1ccc(-c2c3c(c(C4=CCCC=C4)c4c2=CC=CCC=4)CCC=C3)cc1. The minimum absolute atomic E-state index is 0.967. The molecule has 6 rings (SSSR count). The summed E-state index contributed by atoms with van der Waals surface area (Å²) in [7, 11) is 0. The van der Waals surface area contributed by atoms with Crippen molar-refractivity contribution >= 4 is 35.2 Å². The first kappa shape index (κ1) is 23.4. The molecule has 0 heterocycles. The minimum atomic E-state index is 0.967. The van der Waals surface area contributed by atoms with Crippen molar-refractivity contribution in [3.63, 3.8) is 0 Å². The number of aliphatic imine (C=N–C) groups is 1. The van der Waals surface area contributed by atoms with E-state index in [1.807, 2.05) is 0 Å². The molecule has 3 aromatic carbocycles. The van der Waals surface area contributed by atoms with Crippen LogP contribution in [0.3, 0.4) is 0 Å². The zero-order chi connectivity index (χ0) is 25.2. The number of allylic oxidation sites excluding steroid dienone is 7. The highest BCUT2D eigenvalue weighted by Gasteiger charge is 2.21. The molecule has 0 saturated heterocycles. The van der Waals surface area contributed by atoms with Gasteiger partial charge in [0.1, 0.15) is 0 Å². The predicted octanol–water partition coefficient (Wildman–Crippen LogP) is 8.02. The fraction of sp³-hybridized carbons (Fsp3) is 0.194. The highest BCUT2D eigenvalue weighted by molar-refractivity contribution is 6.01. The highest BCUT2D eigenvalue weighted by Crippen LogP contribution is 2.33. The van der Waals surface area contributed by atoms with E-state index in [4.69, 9.17) is 4.99 Å². The van der Waals surface area contributed by atoms with E-state index in [1.165, 1.54) is 49.4 Å². The maximum atomic E-state index is 4.92. The van der Waals surface area contributed by atoms with Gasteiger partial charge in [0.2, 0.25) is 0 Å². The first-order valence-corrected chi connectivity index (χ1v) is 13.5. The lowest BCUT2D eigenvalue weighted by molar-refractivity contribution is 0.973. The van der Waals surface area contributed by atoms with Crippen molar-refractivity contribution in [3.8, 4) is 11.1 Å². The molecule has 3 aliphatic carbocycles. The molecule has 0 radical (unpaired) electrons. The summed E-state index contributed by atoms with van der Waals surface area (Å²) < 4.78 is 0. The summed E-state index contributed by atoms with van der Waals surface area (Å²) in [5.74, 6) is 0. The van der Waals surface area contributed by atoms with Gasteiger partial charge in [-0.15, -0.1) is 0 Å². The van der Waals surface area contributed by atoms with Crippen LogP contribution in [0.5, 0.6) is 0 Å². The lowest BCUT2D eigenvalue weighted by atomic mass is 9.80. The van der Waals surface area contributed by atoms with Crippen LogP contribution in [-0.2, 0) is 6.42 Å². The van der Waals surface area contributed by atoms with Gasteiger partial charge in [-0.1, -0.05) is 97.1 Å². The van der Waals surface area contributed by atoms with E-state index in [0.29, 0.717) is 0 Å². The molecule has 0 amide bonds. The van der Waals surface area contributed by atoms with Crippen molar-refractivity contribution < 1.29 is 0 Å². The van der Waals surface area contributed by atoms with Gasteiger partial charge in [-0.2, -0.15) is 0 Å². The molecule has 0 fully saturated rings. The lowest BCUT2D eigenvalue weighted by Crippen LogP contribution is -2.33. The summed E-state index contributed by atoms with van der Waals surface area (Å²) in [6, 6.07) is 17.3. The number of hydrogen-bond acceptors (Lipinski definition) is 1. The molecule has 0 N–H and O–H groups in total. The molecule has 0 atom stereocenters. The van der Waals surface area contributed by atoms with Crippen LogP contribution in [0.4, 0.5) is 5.69 Å². The van der Waals surface area contributed by atoms with Crippen LogP contribution in [0, 0.1) is 6.92 Å². The number of aryl methyl sites for hydroxylation is 1. The third-order valence-corrected chi connectivity index (χ3v) is 7.71. The van der Waals surface area contributed by atoms with Gasteiger partial charge in [-0.3, -0.25) is 4.99 Å². The average Bonchev–Trinajstić information content (AvgIpc) is 3.19. The van der Waals surface area contributed by atoms with Crippen LogP contribution in [0.2, 0.25) is 0 Å². The van der Waals surface area contributed by atoms with Crippen LogP contribution < -0.4 is 10.4 Å². The molecule has 3 aromatic rings. The Morgan fingerprint density at radius 1 is 0.784 bits per heavy atom. The molecule has 0 unspecified atom stereocenters. The Bertz CT molecular complexity index is 1640. The Morgan fingerprint density at radius 2 is 1.62 bits per heavy atom. The van der Waals surface area contributed by atoms with E-state index in [1.54, 1.807) is 0 Å². The third kappa shape index (κ3) is 4.51. The molecule has 0 aliphatic heterocycles. The van der Waals surface area contributed by atoms with Crippen LogP contribution in [0.25, 0.3) is 34.9 Å². The molecule has 0 spiro atoms. The Hall–Kier alpha value is -3.97. The van der Waals surface area contributed by atoms with Gasteiger partial charge in [0.25, 0.3) is 0 Å². The maximum Gasteiger partial charge on any atom is 0.0662 e. The van der Waals surface area contributed by atoms with E-state index < -0.39 is 0 Å². The zero-order valence-corrected chi connectivity index (χ0v) is 21.8. The Balaban J connectivity index is 1.52. The summed E-state index contributed by atoms with van der Waals surface area (Å²) in [6.45, 7) is 4.22. The number of rotatable bonds is 4. The number of benzene rings is 3. The smallest absolute Gasteiger partial charge is 0.0662 e.